The lowest BCUT2D eigenvalue weighted by Crippen LogP contribution is -2.46. The lowest BCUT2D eigenvalue weighted by Gasteiger charge is -2.36. The maximum atomic E-state index is 13.9. The summed E-state index contributed by atoms with van der Waals surface area (Å²) >= 11 is 3.30. The molecule has 0 spiro atoms. The second-order valence-electron chi connectivity index (χ2n) is 9.64. The van der Waals surface area contributed by atoms with Gasteiger partial charge in [0.25, 0.3) is 5.56 Å². The Hall–Kier alpha value is -4.05. The van der Waals surface area contributed by atoms with Gasteiger partial charge in [-0.3, -0.25) is 4.79 Å². The summed E-state index contributed by atoms with van der Waals surface area (Å²) in [7, 11) is 1.50. The molecular formula is C26H26BrF3N8O4. The van der Waals surface area contributed by atoms with Crippen LogP contribution in [0.3, 0.4) is 0 Å². The Bertz CT molecular complexity index is 1560. The zero-order valence-electron chi connectivity index (χ0n) is 22.5. The molecule has 16 heteroatoms. The number of aromatic nitrogens is 6. The minimum absolute atomic E-state index is 0.00204. The maximum Gasteiger partial charge on any atom is 0.423 e. The van der Waals surface area contributed by atoms with E-state index in [0.29, 0.717) is 36.2 Å². The molecule has 0 amide bonds. The number of nitrogens with zero attached hydrogens (tertiary/aromatic N) is 7. The van der Waals surface area contributed by atoms with Crippen LogP contribution in [0.1, 0.15) is 35.7 Å². The highest BCUT2D eigenvalue weighted by molar-refractivity contribution is 9.10. The van der Waals surface area contributed by atoms with Crippen LogP contribution in [0.2, 0.25) is 0 Å². The van der Waals surface area contributed by atoms with Crippen molar-refractivity contribution < 1.29 is 27.1 Å². The van der Waals surface area contributed by atoms with E-state index in [0.717, 1.165) is 15.4 Å². The Balaban J connectivity index is 1.15. The van der Waals surface area contributed by atoms with Gasteiger partial charge >= 0.3 is 6.18 Å². The highest BCUT2D eigenvalue weighted by atomic mass is 79.9. The third kappa shape index (κ3) is 6.87. The molecule has 1 atom stereocenters. The van der Waals surface area contributed by atoms with Crippen LogP contribution < -0.4 is 20.5 Å². The quantitative estimate of drug-likeness (QED) is 0.253. The zero-order chi connectivity index (χ0) is 29.9. The topological polar surface area (TPSA) is 133 Å². The molecule has 1 saturated heterocycles. The molecule has 1 fully saturated rings. The molecule has 3 aromatic heterocycles. The van der Waals surface area contributed by atoms with Crippen LogP contribution in [0.4, 0.5) is 24.8 Å². The fourth-order valence-electron chi connectivity index (χ4n) is 4.28. The highest BCUT2D eigenvalue weighted by Crippen LogP contribution is 2.32. The molecule has 0 saturated carbocycles. The molecule has 12 nitrogen and oxygen atoms in total. The highest BCUT2D eigenvalue weighted by Gasteiger charge is 2.38. The number of anilines is 2. The van der Waals surface area contributed by atoms with Gasteiger partial charge in [0, 0.05) is 31.5 Å². The van der Waals surface area contributed by atoms with E-state index >= 15 is 0 Å². The van der Waals surface area contributed by atoms with E-state index in [9.17, 15) is 18.0 Å². The molecule has 222 valence electrons. The van der Waals surface area contributed by atoms with Gasteiger partial charge in [-0.25, -0.2) is 14.6 Å². The number of rotatable bonds is 11. The fourth-order valence-corrected chi connectivity index (χ4v) is 4.48. The van der Waals surface area contributed by atoms with Crippen molar-refractivity contribution in [1.82, 2.24) is 29.9 Å². The van der Waals surface area contributed by atoms with Gasteiger partial charge in [-0.1, -0.05) is 12.1 Å². The predicted molar refractivity (Wildman–Crippen MR) is 147 cm³/mol. The fraction of sp³-hybridized carbons (Fsp3) is 0.385. The molecule has 1 unspecified atom stereocenters. The summed E-state index contributed by atoms with van der Waals surface area (Å²) in [5.41, 5.74) is -2.42. The molecule has 0 aliphatic carbocycles. The average Bonchev–Trinajstić information content (AvgIpc) is 3.38. The summed E-state index contributed by atoms with van der Waals surface area (Å²) in [6.07, 6.45) is -0.557. The average molecular weight is 651 g/mol. The number of benzene rings is 1. The maximum absolute atomic E-state index is 13.9. The van der Waals surface area contributed by atoms with Crippen LogP contribution in [0.5, 0.6) is 5.75 Å². The minimum atomic E-state index is -4.90. The molecule has 5 rings (SSSR count). The summed E-state index contributed by atoms with van der Waals surface area (Å²) in [5, 5.41) is 14.7. The number of ether oxygens (including phenoxy) is 2. The molecule has 0 bridgehead atoms. The van der Waals surface area contributed by atoms with Crippen LogP contribution in [0, 0.1) is 0 Å². The van der Waals surface area contributed by atoms with Gasteiger partial charge in [0.1, 0.15) is 17.9 Å². The first-order valence-electron chi connectivity index (χ1n) is 12.8. The number of halogens is 4. The Kier molecular flexibility index (Phi) is 8.72. The van der Waals surface area contributed by atoms with Gasteiger partial charge in [-0.2, -0.15) is 18.3 Å². The lowest BCUT2D eigenvalue weighted by atomic mass is 10.0. The molecule has 4 heterocycles. The molecule has 1 aliphatic heterocycles. The van der Waals surface area contributed by atoms with Gasteiger partial charge in [0.15, 0.2) is 0 Å². The summed E-state index contributed by atoms with van der Waals surface area (Å²) < 4.78 is 59.7. The predicted octanol–water partition coefficient (Wildman–Crippen LogP) is 3.88. The van der Waals surface area contributed by atoms with E-state index in [1.807, 2.05) is 4.90 Å². The SMILES string of the molecule is COc1ccc(Cn2ncc(NC(C)COCc3nnc(C4CN(c5ncc(Br)cn5)C4)o3)c(C(F)(F)F)c2=O)cc1. The number of hydrogen-bond acceptors (Lipinski definition) is 11. The molecule has 0 radical (unpaired) electrons. The minimum Gasteiger partial charge on any atom is -0.497 e. The van der Waals surface area contributed by atoms with Crippen LogP contribution in [0.25, 0.3) is 0 Å². The molecule has 1 N–H and O–H groups in total. The third-order valence-corrected chi connectivity index (χ3v) is 6.83. The Labute approximate surface area is 246 Å². The van der Waals surface area contributed by atoms with Crippen molar-refractivity contribution >= 4 is 27.6 Å². The van der Waals surface area contributed by atoms with Crippen molar-refractivity contribution in [2.24, 2.45) is 0 Å². The normalized spacial score (nSPS) is 14.5. The first-order valence-corrected chi connectivity index (χ1v) is 13.6. The van der Waals surface area contributed by atoms with Crippen LogP contribution >= 0.6 is 15.9 Å². The number of hydrogen-bond donors (Lipinski definition) is 1. The molecule has 1 aliphatic rings. The van der Waals surface area contributed by atoms with Gasteiger partial charge in [-0.05, 0) is 40.5 Å². The second-order valence-corrected chi connectivity index (χ2v) is 10.6. The van der Waals surface area contributed by atoms with Gasteiger partial charge in [-0.15, -0.1) is 10.2 Å². The smallest absolute Gasteiger partial charge is 0.423 e. The van der Waals surface area contributed by atoms with Crippen molar-refractivity contribution in [2.75, 3.05) is 37.0 Å². The first-order chi connectivity index (χ1) is 20.1. The van der Waals surface area contributed by atoms with E-state index in [1.165, 1.54) is 7.11 Å². The van der Waals surface area contributed by atoms with Crippen molar-refractivity contribution in [1.29, 1.82) is 0 Å². The van der Waals surface area contributed by atoms with E-state index in [1.54, 1.807) is 43.6 Å². The van der Waals surface area contributed by atoms with E-state index < -0.39 is 29.0 Å². The second kappa shape index (κ2) is 12.4. The largest absolute Gasteiger partial charge is 0.497 e. The van der Waals surface area contributed by atoms with E-state index in [-0.39, 0.29) is 31.6 Å². The number of methoxy groups -OCH3 is 1. The summed E-state index contributed by atoms with van der Waals surface area (Å²) in [4.78, 5) is 23.3. The Morgan fingerprint density at radius 2 is 1.86 bits per heavy atom. The molecule has 42 heavy (non-hydrogen) atoms. The van der Waals surface area contributed by atoms with Gasteiger partial charge in [0.2, 0.25) is 17.7 Å². The molecular weight excluding hydrogens is 625 g/mol. The molecule has 4 aromatic rings. The summed E-state index contributed by atoms with van der Waals surface area (Å²) in [6, 6.07) is 6.01. The van der Waals surface area contributed by atoms with E-state index in [4.69, 9.17) is 13.9 Å². The summed E-state index contributed by atoms with van der Waals surface area (Å²) in [5.74, 6) is 1.93. The van der Waals surface area contributed by atoms with Gasteiger partial charge < -0.3 is 24.1 Å². The number of alkyl halides is 3. The van der Waals surface area contributed by atoms with Crippen molar-refractivity contribution in [3.63, 3.8) is 0 Å². The van der Waals surface area contributed by atoms with Crippen molar-refractivity contribution in [3.8, 4) is 5.75 Å². The van der Waals surface area contributed by atoms with Crippen LogP contribution in [-0.4, -0.2) is 62.8 Å². The first kappa shape index (κ1) is 29.4. The zero-order valence-corrected chi connectivity index (χ0v) is 24.1. The lowest BCUT2D eigenvalue weighted by molar-refractivity contribution is -0.138. The van der Waals surface area contributed by atoms with Crippen LogP contribution in [-0.2, 0) is 24.1 Å². The standard InChI is InChI=1S/C26H26BrF3N8O4/c1-15(13-41-14-21-35-36-23(42-21)17-11-37(12-17)25-31-7-18(27)8-32-25)34-20-9-33-38(24(39)22(20)26(28,29)30)10-16-3-5-19(40-2)6-4-16/h3-9,15,17,34H,10-14H2,1-2H3. The number of nitrogens with one attached hydrogen (secondary N) is 1. The summed E-state index contributed by atoms with van der Waals surface area (Å²) in [6.45, 7) is 2.71. The monoisotopic (exact) mass is 650 g/mol. The Morgan fingerprint density at radius 1 is 1.14 bits per heavy atom. The van der Waals surface area contributed by atoms with Crippen LogP contribution in [0.15, 0.2) is 56.5 Å². The van der Waals surface area contributed by atoms with Gasteiger partial charge in [0.05, 0.1) is 42.5 Å². The molecule has 1 aromatic carbocycles. The van der Waals surface area contributed by atoms with Crippen molar-refractivity contribution in [2.45, 2.75) is 38.2 Å². The Morgan fingerprint density at radius 3 is 2.52 bits per heavy atom. The van der Waals surface area contributed by atoms with Crippen molar-refractivity contribution in [3.05, 3.63) is 80.6 Å². The van der Waals surface area contributed by atoms with E-state index in [2.05, 4.69) is 46.5 Å². The third-order valence-electron chi connectivity index (χ3n) is 6.42.